The molecule has 0 spiro atoms. The van der Waals surface area contributed by atoms with Gasteiger partial charge in [0.25, 0.3) is 0 Å². The van der Waals surface area contributed by atoms with Gasteiger partial charge in [-0.05, 0) is 6.92 Å². The van der Waals surface area contributed by atoms with Crippen LogP contribution in [0.1, 0.15) is 21.8 Å². The molecule has 70 valence electrons. The molecule has 0 bridgehead atoms. The number of rotatable bonds is 3. The monoisotopic (exact) mass is 185 g/mol. The van der Waals surface area contributed by atoms with Crippen molar-refractivity contribution in [1.29, 1.82) is 0 Å². The summed E-state index contributed by atoms with van der Waals surface area (Å²) in [5.74, 6) is -2.26. The Hall–Kier alpha value is -1.85. The maximum absolute atomic E-state index is 10.6. The summed E-state index contributed by atoms with van der Waals surface area (Å²) >= 11 is 0. The van der Waals surface area contributed by atoms with E-state index in [2.05, 4.69) is 9.68 Å². The highest BCUT2D eigenvalue weighted by atomic mass is 16.5. The summed E-state index contributed by atoms with van der Waals surface area (Å²) in [5, 5.41) is 20.4. The summed E-state index contributed by atoms with van der Waals surface area (Å²) in [6, 6.07) is 0. The predicted octanol–water partition coefficient (Wildman–Crippen LogP) is 0.308. The quantitative estimate of drug-likeness (QED) is 0.702. The number of hydrogen-bond acceptors (Lipinski definition) is 4. The normalized spacial score (nSPS) is 9.92. The van der Waals surface area contributed by atoms with Gasteiger partial charge >= 0.3 is 11.9 Å². The van der Waals surface area contributed by atoms with Gasteiger partial charge in [-0.15, -0.1) is 0 Å². The smallest absolute Gasteiger partial charge is 0.341 e. The van der Waals surface area contributed by atoms with Gasteiger partial charge in [0.2, 0.25) is 0 Å². The number of aryl methyl sites for hydroxylation is 1. The Morgan fingerprint density at radius 3 is 2.54 bits per heavy atom. The molecule has 2 N–H and O–H groups in total. The zero-order chi connectivity index (χ0) is 10.0. The first kappa shape index (κ1) is 9.24. The standard InChI is InChI=1S/C7H7NO5/c1-3-6(7(11)12)4(8-13-3)2-5(9)10/h2H2,1H3,(H,9,10)(H,11,12). The van der Waals surface area contributed by atoms with Gasteiger partial charge in [0.05, 0.1) is 6.42 Å². The number of carboxylic acids is 2. The second kappa shape index (κ2) is 3.26. The molecule has 1 aromatic rings. The van der Waals surface area contributed by atoms with E-state index in [9.17, 15) is 9.59 Å². The van der Waals surface area contributed by atoms with Gasteiger partial charge in [-0.3, -0.25) is 4.79 Å². The molecule has 0 radical (unpaired) electrons. The summed E-state index contributed by atoms with van der Waals surface area (Å²) in [5.41, 5.74) is -0.222. The van der Waals surface area contributed by atoms with Gasteiger partial charge in [-0.2, -0.15) is 0 Å². The molecule has 6 nitrogen and oxygen atoms in total. The fourth-order valence-corrected chi connectivity index (χ4v) is 0.956. The average Bonchev–Trinajstić information content (AvgIpc) is 2.30. The largest absolute Gasteiger partial charge is 0.481 e. The Morgan fingerprint density at radius 2 is 2.08 bits per heavy atom. The van der Waals surface area contributed by atoms with E-state index in [1.54, 1.807) is 0 Å². The van der Waals surface area contributed by atoms with E-state index in [1.165, 1.54) is 6.92 Å². The first-order valence-electron chi connectivity index (χ1n) is 3.42. The molecule has 0 saturated carbocycles. The van der Waals surface area contributed by atoms with Gasteiger partial charge in [-0.25, -0.2) is 4.79 Å². The van der Waals surface area contributed by atoms with Crippen LogP contribution >= 0.6 is 0 Å². The predicted molar refractivity (Wildman–Crippen MR) is 39.5 cm³/mol. The molecule has 1 rings (SSSR count). The minimum atomic E-state index is -1.23. The Balaban J connectivity index is 3.07. The zero-order valence-corrected chi connectivity index (χ0v) is 6.77. The maximum atomic E-state index is 10.6. The highest BCUT2D eigenvalue weighted by molar-refractivity contribution is 5.91. The van der Waals surface area contributed by atoms with Crippen molar-refractivity contribution in [2.45, 2.75) is 13.3 Å². The van der Waals surface area contributed by atoms with Crippen molar-refractivity contribution < 1.29 is 24.3 Å². The van der Waals surface area contributed by atoms with Crippen molar-refractivity contribution in [2.75, 3.05) is 0 Å². The zero-order valence-electron chi connectivity index (χ0n) is 6.77. The molecular formula is C7H7NO5. The van der Waals surface area contributed by atoms with Crippen LogP contribution < -0.4 is 0 Å². The Morgan fingerprint density at radius 1 is 1.46 bits per heavy atom. The third kappa shape index (κ3) is 1.84. The van der Waals surface area contributed by atoms with Crippen LogP contribution in [0.5, 0.6) is 0 Å². The van der Waals surface area contributed by atoms with Crippen molar-refractivity contribution >= 4 is 11.9 Å². The number of nitrogens with zero attached hydrogens (tertiary/aromatic N) is 1. The number of aromatic carboxylic acids is 1. The van der Waals surface area contributed by atoms with Gasteiger partial charge in [0, 0.05) is 0 Å². The molecular weight excluding hydrogens is 178 g/mol. The average molecular weight is 185 g/mol. The lowest BCUT2D eigenvalue weighted by Crippen LogP contribution is -2.07. The van der Waals surface area contributed by atoms with Crippen molar-refractivity contribution in [2.24, 2.45) is 0 Å². The molecule has 0 saturated heterocycles. The number of aromatic nitrogens is 1. The van der Waals surface area contributed by atoms with Crippen LogP contribution in [0.4, 0.5) is 0 Å². The van der Waals surface area contributed by atoms with Gasteiger partial charge in [0.1, 0.15) is 17.0 Å². The summed E-state index contributed by atoms with van der Waals surface area (Å²) < 4.78 is 4.56. The minimum Gasteiger partial charge on any atom is -0.481 e. The van der Waals surface area contributed by atoms with Gasteiger partial charge in [-0.1, -0.05) is 5.16 Å². The Kier molecular flexibility index (Phi) is 2.32. The molecule has 0 aliphatic heterocycles. The van der Waals surface area contributed by atoms with Crippen molar-refractivity contribution in [3.8, 4) is 0 Å². The fraction of sp³-hybridized carbons (Fsp3) is 0.286. The van der Waals surface area contributed by atoms with E-state index >= 15 is 0 Å². The van der Waals surface area contributed by atoms with Crippen LogP contribution in [-0.2, 0) is 11.2 Å². The third-order valence-electron chi connectivity index (χ3n) is 1.47. The summed E-state index contributed by atoms with van der Waals surface area (Å²) in [6.07, 6.45) is -0.445. The molecule has 0 unspecified atom stereocenters. The molecule has 0 atom stereocenters. The molecule has 0 aliphatic rings. The van der Waals surface area contributed by atoms with Crippen LogP contribution in [0.15, 0.2) is 4.52 Å². The molecule has 13 heavy (non-hydrogen) atoms. The molecule has 0 amide bonds. The van der Waals surface area contributed by atoms with E-state index in [0.29, 0.717) is 0 Å². The minimum absolute atomic E-state index is 0.0579. The maximum Gasteiger partial charge on any atom is 0.341 e. The van der Waals surface area contributed by atoms with E-state index in [0.717, 1.165) is 0 Å². The second-order valence-electron chi connectivity index (χ2n) is 2.44. The van der Waals surface area contributed by atoms with E-state index in [-0.39, 0.29) is 17.0 Å². The van der Waals surface area contributed by atoms with E-state index < -0.39 is 18.4 Å². The van der Waals surface area contributed by atoms with Crippen molar-refractivity contribution in [1.82, 2.24) is 5.16 Å². The van der Waals surface area contributed by atoms with Crippen molar-refractivity contribution in [3.05, 3.63) is 17.0 Å². The SMILES string of the molecule is Cc1onc(CC(=O)O)c1C(=O)O. The number of carboxylic acid groups (broad SMARTS) is 2. The van der Waals surface area contributed by atoms with Crippen LogP contribution in [0.3, 0.4) is 0 Å². The number of carbonyl (C=O) groups is 2. The van der Waals surface area contributed by atoms with Crippen molar-refractivity contribution in [3.63, 3.8) is 0 Å². The lowest BCUT2D eigenvalue weighted by atomic mass is 10.1. The highest BCUT2D eigenvalue weighted by Crippen LogP contribution is 2.13. The molecule has 0 fully saturated rings. The number of aliphatic carboxylic acids is 1. The molecule has 0 aromatic carbocycles. The van der Waals surface area contributed by atoms with Gasteiger partial charge in [0.15, 0.2) is 0 Å². The fourth-order valence-electron chi connectivity index (χ4n) is 0.956. The van der Waals surface area contributed by atoms with Gasteiger partial charge < -0.3 is 14.7 Å². The summed E-state index contributed by atoms with van der Waals surface area (Å²) in [6.45, 7) is 1.42. The topological polar surface area (TPSA) is 101 Å². The number of hydrogen-bond donors (Lipinski definition) is 2. The van der Waals surface area contributed by atoms with Crippen LogP contribution in [0.2, 0.25) is 0 Å². The Bertz CT molecular complexity index is 354. The summed E-state index contributed by atoms with van der Waals surface area (Å²) in [7, 11) is 0. The molecule has 0 aliphatic carbocycles. The first-order valence-corrected chi connectivity index (χ1v) is 3.42. The van der Waals surface area contributed by atoms with Crippen LogP contribution in [0.25, 0.3) is 0 Å². The second-order valence-corrected chi connectivity index (χ2v) is 2.44. The summed E-state index contributed by atoms with van der Waals surface area (Å²) in [4.78, 5) is 20.9. The Labute approximate surface area is 72.8 Å². The van der Waals surface area contributed by atoms with Crippen LogP contribution in [-0.4, -0.2) is 27.3 Å². The van der Waals surface area contributed by atoms with Crippen LogP contribution in [0, 0.1) is 6.92 Å². The highest BCUT2D eigenvalue weighted by Gasteiger charge is 2.20. The molecule has 6 heteroatoms. The molecule has 1 aromatic heterocycles. The van der Waals surface area contributed by atoms with E-state index in [4.69, 9.17) is 10.2 Å². The van der Waals surface area contributed by atoms with E-state index in [1.807, 2.05) is 0 Å². The molecule has 1 heterocycles. The lowest BCUT2D eigenvalue weighted by Gasteiger charge is -1.91. The lowest BCUT2D eigenvalue weighted by molar-refractivity contribution is -0.136. The third-order valence-corrected chi connectivity index (χ3v) is 1.47. The first-order chi connectivity index (χ1) is 6.02.